The molecule has 0 saturated carbocycles. The molecule has 0 bridgehead atoms. The second-order valence-corrected chi connectivity index (χ2v) is 7.00. The van der Waals surface area contributed by atoms with Crippen molar-refractivity contribution in [3.63, 3.8) is 0 Å². The van der Waals surface area contributed by atoms with E-state index in [4.69, 9.17) is 0 Å². The van der Waals surface area contributed by atoms with E-state index >= 15 is 0 Å². The molecule has 1 aromatic heterocycles. The lowest BCUT2D eigenvalue weighted by Gasteiger charge is -2.26. The van der Waals surface area contributed by atoms with Crippen LogP contribution in [-0.4, -0.2) is 26.3 Å². The van der Waals surface area contributed by atoms with Gasteiger partial charge in [0.1, 0.15) is 0 Å². The average molecular weight is 384 g/mol. The summed E-state index contributed by atoms with van der Waals surface area (Å²) in [7, 11) is 0. The first kappa shape index (κ1) is 15.4. The topological polar surface area (TPSA) is 41.3 Å². The summed E-state index contributed by atoms with van der Waals surface area (Å²) < 4.78 is 2.65. The molecular formula is C19H18BrN3O. The van der Waals surface area contributed by atoms with Crippen LogP contribution in [0.3, 0.4) is 0 Å². The van der Waals surface area contributed by atoms with Crippen LogP contribution in [0.5, 0.6) is 5.88 Å². The third-order valence-electron chi connectivity index (χ3n) is 4.41. The van der Waals surface area contributed by atoms with E-state index in [2.05, 4.69) is 50.2 Å². The van der Waals surface area contributed by atoms with Crippen molar-refractivity contribution in [2.75, 3.05) is 6.54 Å². The highest BCUT2D eigenvalue weighted by Gasteiger charge is 2.25. The molecule has 24 heavy (non-hydrogen) atoms. The average Bonchev–Trinajstić information content (AvgIpc) is 2.93. The highest BCUT2D eigenvalue weighted by atomic mass is 79.9. The van der Waals surface area contributed by atoms with E-state index in [-0.39, 0.29) is 5.88 Å². The standard InChI is InChI=1S/C19H18BrN3O/c20-15-6-8-16(9-7-15)23-19(24)17-13-22(11-10-18(17)21-23)12-14-4-2-1-3-5-14/h1-9,24H,10-13H2. The van der Waals surface area contributed by atoms with E-state index in [1.807, 2.05) is 30.3 Å². The van der Waals surface area contributed by atoms with Crippen molar-refractivity contribution < 1.29 is 5.11 Å². The highest BCUT2D eigenvalue weighted by molar-refractivity contribution is 9.10. The predicted octanol–water partition coefficient (Wildman–Crippen LogP) is 3.90. The van der Waals surface area contributed by atoms with Gasteiger partial charge in [-0.3, -0.25) is 4.90 Å². The van der Waals surface area contributed by atoms with Crippen LogP contribution in [-0.2, 0) is 19.5 Å². The lowest BCUT2D eigenvalue weighted by molar-refractivity contribution is 0.241. The van der Waals surface area contributed by atoms with Gasteiger partial charge in [0.05, 0.1) is 16.9 Å². The SMILES string of the molecule is Oc1c2c(nn1-c1ccc(Br)cc1)CCN(Cc1ccccc1)C2. The molecule has 0 radical (unpaired) electrons. The Morgan fingerprint density at radius 2 is 1.79 bits per heavy atom. The first-order valence-electron chi connectivity index (χ1n) is 8.02. The number of hydrogen-bond acceptors (Lipinski definition) is 3. The molecule has 5 heteroatoms. The van der Waals surface area contributed by atoms with Gasteiger partial charge >= 0.3 is 0 Å². The molecule has 4 rings (SSSR count). The minimum absolute atomic E-state index is 0.255. The van der Waals surface area contributed by atoms with Gasteiger partial charge in [0.15, 0.2) is 0 Å². The molecule has 122 valence electrons. The molecule has 0 spiro atoms. The van der Waals surface area contributed by atoms with E-state index < -0.39 is 0 Å². The van der Waals surface area contributed by atoms with Crippen LogP contribution in [0.25, 0.3) is 5.69 Å². The molecule has 0 amide bonds. The van der Waals surface area contributed by atoms with Crippen molar-refractivity contribution in [1.29, 1.82) is 0 Å². The Morgan fingerprint density at radius 3 is 2.54 bits per heavy atom. The van der Waals surface area contributed by atoms with E-state index in [0.717, 1.165) is 47.5 Å². The third kappa shape index (κ3) is 2.97. The number of halogens is 1. The van der Waals surface area contributed by atoms with Crippen LogP contribution >= 0.6 is 15.9 Å². The summed E-state index contributed by atoms with van der Waals surface area (Å²) in [6, 6.07) is 18.2. The molecule has 4 nitrogen and oxygen atoms in total. The Morgan fingerprint density at radius 1 is 1.04 bits per heavy atom. The summed E-state index contributed by atoms with van der Waals surface area (Å²) in [5.74, 6) is 0.255. The second-order valence-electron chi connectivity index (χ2n) is 6.08. The van der Waals surface area contributed by atoms with Crippen LogP contribution in [0.4, 0.5) is 0 Å². The number of aromatic hydroxyl groups is 1. The molecule has 0 fully saturated rings. The largest absolute Gasteiger partial charge is 0.493 e. The van der Waals surface area contributed by atoms with Crippen LogP contribution in [0, 0.1) is 0 Å². The monoisotopic (exact) mass is 383 g/mol. The number of hydrogen-bond donors (Lipinski definition) is 1. The van der Waals surface area contributed by atoms with Gasteiger partial charge in [-0.25, -0.2) is 4.68 Å². The Kier molecular flexibility index (Phi) is 4.12. The number of benzene rings is 2. The Bertz CT molecular complexity index is 843. The van der Waals surface area contributed by atoms with Crippen LogP contribution in [0.2, 0.25) is 0 Å². The molecule has 2 heterocycles. The number of fused-ring (bicyclic) bond motifs is 1. The lowest BCUT2D eigenvalue weighted by atomic mass is 10.1. The van der Waals surface area contributed by atoms with Gasteiger partial charge in [-0.2, -0.15) is 5.10 Å². The smallest absolute Gasteiger partial charge is 0.219 e. The molecule has 0 aliphatic carbocycles. The summed E-state index contributed by atoms with van der Waals surface area (Å²) in [5, 5.41) is 15.3. The van der Waals surface area contributed by atoms with Crippen LogP contribution in [0.15, 0.2) is 59.1 Å². The van der Waals surface area contributed by atoms with Crippen molar-refractivity contribution in [3.8, 4) is 11.6 Å². The van der Waals surface area contributed by atoms with Crippen molar-refractivity contribution in [2.24, 2.45) is 0 Å². The number of rotatable bonds is 3. The van der Waals surface area contributed by atoms with E-state index in [0.29, 0.717) is 0 Å². The first-order chi connectivity index (χ1) is 11.7. The van der Waals surface area contributed by atoms with Crippen LogP contribution < -0.4 is 0 Å². The maximum atomic E-state index is 10.6. The van der Waals surface area contributed by atoms with Crippen molar-refractivity contribution in [1.82, 2.24) is 14.7 Å². The molecule has 2 aromatic carbocycles. The molecule has 1 N–H and O–H groups in total. The normalized spacial score (nSPS) is 14.5. The van der Waals surface area contributed by atoms with E-state index in [9.17, 15) is 5.11 Å². The molecule has 0 atom stereocenters. The fourth-order valence-electron chi connectivity index (χ4n) is 3.15. The second kappa shape index (κ2) is 6.42. The molecule has 3 aromatic rings. The molecular weight excluding hydrogens is 366 g/mol. The molecule has 0 unspecified atom stereocenters. The molecule has 1 aliphatic rings. The van der Waals surface area contributed by atoms with Gasteiger partial charge in [-0.1, -0.05) is 46.3 Å². The fourth-order valence-corrected chi connectivity index (χ4v) is 3.42. The van der Waals surface area contributed by atoms with Crippen LogP contribution in [0.1, 0.15) is 16.8 Å². The minimum atomic E-state index is 0.255. The summed E-state index contributed by atoms with van der Waals surface area (Å²) in [4.78, 5) is 2.35. The van der Waals surface area contributed by atoms with Gasteiger partial charge in [0.25, 0.3) is 0 Å². The van der Waals surface area contributed by atoms with Gasteiger partial charge in [-0.05, 0) is 29.8 Å². The summed E-state index contributed by atoms with van der Waals surface area (Å²) in [6.45, 7) is 2.58. The summed E-state index contributed by atoms with van der Waals surface area (Å²) in [6.07, 6.45) is 0.860. The van der Waals surface area contributed by atoms with Crippen molar-refractivity contribution in [3.05, 3.63) is 75.9 Å². The zero-order valence-corrected chi connectivity index (χ0v) is 14.8. The molecule has 1 aliphatic heterocycles. The fraction of sp³-hybridized carbons (Fsp3) is 0.211. The Balaban J connectivity index is 1.59. The maximum Gasteiger partial charge on any atom is 0.219 e. The quantitative estimate of drug-likeness (QED) is 0.745. The van der Waals surface area contributed by atoms with E-state index in [1.54, 1.807) is 4.68 Å². The highest BCUT2D eigenvalue weighted by Crippen LogP contribution is 2.30. The first-order valence-corrected chi connectivity index (χ1v) is 8.82. The minimum Gasteiger partial charge on any atom is -0.493 e. The van der Waals surface area contributed by atoms with Gasteiger partial charge < -0.3 is 5.11 Å². The van der Waals surface area contributed by atoms with Crippen molar-refractivity contribution in [2.45, 2.75) is 19.5 Å². The van der Waals surface area contributed by atoms with Gasteiger partial charge in [-0.15, -0.1) is 0 Å². The summed E-state index contributed by atoms with van der Waals surface area (Å²) in [5.41, 5.74) is 4.11. The number of nitrogens with zero attached hydrogens (tertiary/aromatic N) is 3. The Hall–Kier alpha value is -2.11. The van der Waals surface area contributed by atoms with Gasteiger partial charge in [0, 0.05) is 30.5 Å². The van der Waals surface area contributed by atoms with Gasteiger partial charge in [0.2, 0.25) is 5.88 Å². The Labute approximate surface area is 149 Å². The maximum absolute atomic E-state index is 10.6. The molecule has 0 saturated heterocycles. The third-order valence-corrected chi connectivity index (χ3v) is 4.94. The van der Waals surface area contributed by atoms with Crippen molar-refractivity contribution >= 4 is 15.9 Å². The summed E-state index contributed by atoms with van der Waals surface area (Å²) >= 11 is 3.43. The predicted molar refractivity (Wildman–Crippen MR) is 97.2 cm³/mol. The zero-order chi connectivity index (χ0) is 16.5. The zero-order valence-electron chi connectivity index (χ0n) is 13.2. The lowest BCUT2D eigenvalue weighted by Crippen LogP contribution is -2.29. The number of aromatic nitrogens is 2. The van der Waals surface area contributed by atoms with E-state index in [1.165, 1.54) is 5.56 Å².